The highest BCUT2D eigenvalue weighted by molar-refractivity contribution is 6.00. The van der Waals surface area contributed by atoms with Crippen molar-refractivity contribution in [1.82, 2.24) is 15.1 Å². The Balaban J connectivity index is 1.68. The van der Waals surface area contributed by atoms with E-state index in [1.165, 1.54) is 30.5 Å². The lowest BCUT2D eigenvalue weighted by atomic mass is 9.94. The fraction of sp³-hybridized carbons (Fsp3) is 0.238. The zero-order valence-corrected chi connectivity index (χ0v) is 14.7. The molecule has 27 heavy (non-hydrogen) atoms. The van der Waals surface area contributed by atoms with Gasteiger partial charge in [-0.3, -0.25) is 9.89 Å². The number of piperidine rings is 1. The van der Waals surface area contributed by atoms with E-state index in [1.807, 2.05) is 6.07 Å². The molecule has 1 aliphatic heterocycles. The number of benzene rings is 2. The van der Waals surface area contributed by atoms with Gasteiger partial charge in [-0.05, 0) is 49.1 Å². The quantitative estimate of drug-likeness (QED) is 0.728. The zero-order chi connectivity index (χ0) is 18.8. The molecule has 0 spiro atoms. The molecule has 4 rings (SSSR count). The second kappa shape index (κ2) is 7.31. The van der Waals surface area contributed by atoms with Crippen molar-refractivity contribution in [2.45, 2.75) is 25.3 Å². The summed E-state index contributed by atoms with van der Waals surface area (Å²) in [5, 5.41) is 6.81. The molecule has 1 amide bonds. The second-order valence-electron chi connectivity index (χ2n) is 6.73. The first-order chi connectivity index (χ1) is 13.1. The summed E-state index contributed by atoms with van der Waals surface area (Å²) < 4.78 is 27.3. The van der Waals surface area contributed by atoms with Crippen LogP contribution in [0.2, 0.25) is 0 Å². The number of aromatic nitrogens is 2. The molecule has 138 valence electrons. The number of nitrogens with one attached hydrogen (secondary N) is 1. The van der Waals surface area contributed by atoms with Crippen molar-refractivity contribution in [2.24, 2.45) is 0 Å². The number of hydrogen-bond acceptors (Lipinski definition) is 2. The minimum absolute atomic E-state index is 0.183. The number of halogens is 2. The lowest BCUT2D eigenvalue weighted by Gasteiger charge is -2.36. The largest absolute Gasteiger partial charge is 0.331 e. The standard InChI is InChI=1S/C21H19F2N3O/c22-16-7-3-5-14(11-16)19-9-1-2-10-26(19)21(27)18-13-24-25-20(18)15-6-4-8-17(23)12-15/h3-8,11-13,19H,1-2,9-10H2,(H,24,25)/t19-/m1/s1. The summed E-state index contributed by atoms with van der Waals surface area (Å²) in [6, 6.07) is 12.3. The van der Waals surface area contributed by atoms with Gasteiger partial charge in [-0.15, -0.1) is 0 Å². The van der Waals surface area contributed by atoms with Gasteiger partial charge in [0.2, 0.25) is 0 Å². The summed E-state index contributed by atoms with van der Waals surface area (Å²) in [4.78, 5) is 15.1. The van der Waals surface area contributed by atoms with Crippen molar-refractivity contribution in [3.8, 4) is 11.3 Å². The van der Waals surface area contributed by atoms with Crippen LogP contribution in [0.25, 0.3) is 11.3 Å². The molecule has 0 radical (unpaired) electrons. The van der Waals surface area contributed by atoms with Crippen molar-refractivity contribution >= 4 is 5.91 Å². The van der Waals surface area contributed by atoms with Crippen molar-refractivity contribution in [2.75, 3.05) is 6.54 Å². The molecule has 1 saturated heterocycles. The average Bonchev–Trinajstić information content (AvgIpc) is 3.17. The van der Waals surface area contributed by atoms with Crippen molar-refractivity contribution < 1.29 is 13.6 Å². The molecule has 1 atom stereocenters. The first-order valence-corrected chi connectivity index (χ1v) is 8.99. The first-order valence-electron chi connectivity index (χ1n) is 8.99. The number of aromatic amines is 1. The monoisotopic (exact) mass is 367 g/mol. The number of carbonyl (C=O) groups excluding carboxylic acids is 1. The molecular formula is C21H19F2N3O. The van der Waals surface area contributed by atoms with Crippen LogP contribution < -0.4 is 0 Å². The molecule has 3 aromatic rings. The number of H-pyrrole nitrogens is 1. The molecule has 0 saturated carbocycles. The fourth-order valence-electron chi connectivity index (χ4n) is 3.70. The Hall–Kier alpha value is -3.02. The second-order valence-corrected chi connectivity index (χ2v) is 6.73. The molecule has 4 nitrogen and oxygen atoms in total. The minimum Gasteiger partial charge on any atom is -0.331 e. The number of hydrogen-bond donors (Lipinski definition) is 1. The summed E-state index contributed by atoms with van der Waals surface area (Å²) in [5.41, 5.74) is 2.24. The summed E-state index contributed by atoms with van der Waals surface area (Å²) in [7, 11) is 0. The molecule has 2 aromatic carbocycles. The third-order valence-electron chi connectivity index (χ3n) is 4.98. The summed E-state index contributed by atoms with van der Waals surface area (Å²) in [5.74, 6) is -0.873. The highest BCUT2D eigenvalue weighted by Gasteiger charge is 2.31. The van der Waals surface area contributed by atoms with Gasteiger partial charge in [-0.25, -0.2) is 8.78 Å². The number of nitrogens with zero attached hydrogens (tertiary/aromatic N) is 2. The fourth-order valence-corrected chi connectivity index (χ4v) is 3.70. The molecule has 1 fully saturated rings. The van der Waals surface area contributed by atoms with Crippen LogP contribution in [0, 0.1) is 11.6 Å². The van der Waals surface area contributed by atoms with Crippen LogP contribution in [0.3, 0.4) is 0 Å². The van der Waals surface area contributed by atoms with Gasteiger partial charge in [0.15, 0.2) is 0 Å². The van der Waals surface area contributed by atoms with Crippen molar-refractivity contribution in [1.29, 1.82) is 0 Å². The summed E-state index contributed by atoms with van der Waals surface area (Å²) in [6.45, 7) is 0.591. The molecule has 2 heterocycles. The number of amides is 1. The Morgan fingerprint density at radius 2 is 1.85 bits per heavy atom. The van der Waals surface area contributed by atoms with E-state index in [4.69, 9.17) is 0 Å². The smallest absolute Gasteiger partial charge is 0.258 e. The van der Waals surface area contributed by atoms with Crippen LogP contribution in [0.15, 0.2) is 54.7 Å². The predicted molar refractivity (Wildman–Crippen MR) is 98.0 cm³/mol. The maximum Gasteiger partial charge on any atom is 0.258 e. The number of likely N-dealkylation sites (tertiary alicyclic amines) is 1. The molecular weight excluding hydrogens is 348 g/mol. The van der Waals surface area contributed by atoms with Crippen molar-refractivity contribution in [3.63, 3.8) is 0 Å². The van der Waals surface area contributed by atoms with Gasteiger partial charge < -0.3 is 4.90 Å². The van der Waals surface area contributed by atoms with Crippen LogP contribution in [-0.2, 0) is 0 Å². The SMILES string of the molecule is O=C(c1cn[nH]c1-c1cccc(F)c1)N1CCCC[C@@H]1c1cccc(F)c1. The summed E-state index contributed by atoms with van der Waals surface area (Å²) in [6.07, 6.45) is 4.12. The average molecular weight is 367 g/mol. The van der Waals surface area contributed by atoms with Gasteiger partial charge in [0.1, 0.15) is 11.6 Å². The maximum absolute atomic E-state index is 13.7. The van der Waals surface area contributed by atoms with E-state index in [0.29, 0.717) is 23.4 Å². The normalized spacial score (nSPS) is 17.1. The molecule has 0 aliphatic carbocycles. The Labute approximate surface area is 155 Å². The van der Waals surface area contributed by atoms with E-state index in [9.17, 15) is 13.6 Å². The summed E-state index contributed by atoms with van der Waals surface area (Å²) >= 11 is 0. The van der Waals surface area contributed by atoms with Crippen LogP contribution in [0.1, 0.15) is 41.2 Å². The van der Waals surface area contributed by atoms with Gasteiger partial charge >= 0.3 is 0 Å². The van der Waals surface area contributed by atoms with E-state index >= 15 is 0 Å². The Morgan fingerprint density at radius 3 is 2.63 bits per heavy atom. The molecule has 1 aliphatic rings. The van der Waals surface area contributed by atoms with Gasteiger partial charge in [0, 0.05) is 12.1 Å². The lowest BCUT2D eigenvalue weighted by molar-refractivity contribution is 0.0612. The van der Waals surface area contributed by atoms with Crippen LogP contribution in [-0.4, -0.2) is 27.5 Å². The highest BCUT2D eigenvalue weighted by Crippen LogP contribution is 2.34. The Kier molecular flexibility index (Phi) is 4.71. The third kappa shape index (κ3) is 3.47. The molecule has 1 aromatic heterocycles. The highest BCUT2D eigenvalue weighted by atomic mass is 19.1. The number of rotatable bonds is 3. The third-order valence-corrected chi connectivity index (χ3v) is 4.98. The molecule has 1 N–H and O–H groups in total. The van der Waals surface area contributed by atoms with E-state index < -0.39 is 0 Å². The van der Waals surface area contributed by atoms with Crippen molar-refractivity contribution in [3.05, 3.63) is 77.5 Å². The molecule has 0 bridgehead atoms. The first kappa shape index (κ1) is 17.4. The van der Waals surface area contributed by atoms with Gasteiger partial charge in [0.25, 0.3) is 5.91 Å². The van der Waals surface area contributed by atoms with E-state index in [1.54, 1.807) is 23.1 Å². The van der Waals surface area contributed by atoms with E-state index in [2.05, 4.69) is 10.2 Å². The molecule has 6 heteroatoms. The molecule has 0 unspecified atom stereocenters. The van der Waals surface area contributed by atoms with Gasteiger partial charge in [-0.2, -0.15) is 5.10 Å². The minimum atomic E-state index is -0.379. The van der Waals surface area contributed by atoms with Crippen LogP contribution >= 0.6 is 0 Å². The maximum atomic E-state index is 13.7. The Bertz CT molecular complexity index is 969. The predicted octanol–water partition coefficient (Wildman–Crippen LogP) is 4.72. The number of carbonyl (C=O) groups is 1. The van der Waals surface area contributed by atoms with E-state index in [0.717, 1.165) is 24.8 Å². The van der Waals surface area contributed by atoms with E-state index in [-0.39, 0.29) is 23.6 Å². The van der Waals surface area contributed by atoms with Crippen LogP contribution in [0.4, 0.5) is 8.78 Å². The van der Waals surface area contributed by atoms with Crippen LogP contribution in [0.5, 0.6) is 0 Å². The topological polar surface area (TPSA) is 49.0 Å². The Morgan fingerprint density at radius 1 is 1.07 bits per heavy atom. The zero-order valence-electron chi connectivity index (χ0n) is 14.7. The van der Waals surface area contributed by atoms with Gasteiger partial charge in [-0.1, -0.05) is 24.3 Å². The van der Waals surface area contributed by atoms with Gasteiger partial charge in [0.05, 0.1) is 23.5 Å². The lowest BCUT2D eigenvalue weighted by Crippen LogP contribution is -2.38.